The molecule has 2 rings (SSSR count). The van der Waals surface area contributed by atoms with E-state index in [0.29, 0.717) is 17.1 Å². The van der Waals surface area contributed by atoms with E-state index in [2.05, 4.69) is 5.32 Å². The number of primary amides is 1. The minimum absolute atomic E-state index is 0.150. The first-order valence-corrected chi connectivity index (χ1v) is 6.17. The summed E-state index contributed by atoms with van der Waals surface area (Å²) in [5, 5.41) is 3.14. The molecule has 0 aliphatic heterocycles. The highest BCUT2D eigenvalue weighted by molar-refractivity contribution is 6.34. The standard InChI is InChI=1S/C14H13ClFN3O/c1-7-2-8(16)4-10(3-7)19-13-11(14(18)20)5-9(17)6-12(13)15/h2-6,19H,17H2,1H3,(H2,18,20). The van der Waals surface area contributed by atoms with Crippen LogP contribution >= 0.6 is 11.6 Å². The van der Waals surface area contributed by atoms with Crippen molar-refractivity contribution in [3.63, 3.8) is 0 Å². The molecule has 0 fully saturated rings. The zero-order chi connectivity index (χ0) is 14.9. The monoisotopic (exact) mass is 293 g/mol. The Morgan fingerprint density at radius 3 is 2.55 bits per heavy atom. The second-order valence-corrected chi connectivity index (χ2v) is 4.84. The van der Waals surface area contributed by atoms with Crippen molar-refractivity contribution in [2.24, 2.45) is 5.73 Å². The molecule has 1 amide bonds. The van der Waals surface area contributed by atoms with E-state index in [1.165, 1.54) is 24.3 Å². The summed E-state index contributed by atoms with van der Waals surface area (Å²) in [7, 11) is 0. The molecule has 0 aromatic heterocycles. The van der Waals surface area contributed by atoms with Crippen LogP contribution in [0.1, 0.15) is 15.9 Å². The molecule has 0 saturated carbocycles. The van der Waals surface area contributed by atoms with Crippen LogP contribution in [0.15, 0.2) is 30.3 Å². The van der Waals surface area contributed by atoms with E-state index in [-0.39, 0.29) is 16.4 Å². The molecule has 0 atom stereocenters. The maximum Gasteiger partial charge on any atom is 0.250 e. The summed E-state index contributed by atoms with van der Waals surface area (Å²) >= 11 is 6.06. The Labute approximate surface area is 120 Å². The van der Waals surface area contributed by atoms with Crippen LogP contribution in [0.2, 0.25) is 5.02 Å². The highest BCUT2D eigenvalue weighted by Gasteiger charge is 2.14. The van der Waals surface area contributed by atoms with Crippen molar-refractivity contribution in [2.75, 3.05) is 11.1 Å². The number of amides is 1. The Balaban J connectivity index is 2.50. The summed E-state index contributed by atoms with van der Waals surface area (Å²) in [6, 6.07) is 7.32. The molecule has 5 N–H and O–H groups in total. The molecular formula is C14H13ClFN3O. The summed E-state index contributed by atoms with van der Waals surface area (Å²) in [6.45, 7) is 1.76. The minimum Gasteiger partial charge on any atom is -0.399 e. The van der Waals surface area contributed by atoms with Gasteiger partial charge in [-0.3, -0.25) is 4.79 Å². The van der Waals surface area contributed by atoms with Gasteiger partial charge in [0.25, 0.3) is 5.91 Å². The van der Waals surface area contributed by atoms with Gasteiger partial charge in [-0.15, -0.1) is 0 Å². The fourth-order valence-electron chi connectivity index (χ4n) is 1.90. The molecule has 2 aromatic carbocycles. The predicted molar refractivity (Wildman–Crippen MR) is 78.8 cm³/mol. The van der Waals surface area contributed by atoms with Crippen molar-refractivity contribution < 1.29 is 9.18 Å². The van der Waals surface area contributed by atoms with E-state index in [9.17, 15) is 9.18 Å². The van der Waals surface area contributed by atoms with Crippen LogP contribution in [-0.2, 0) is 0 Å². The Morgan fingerprint density at radius 1 is 1.25 bits per heavy atom. The Morgan fingerprint density at radius 2 is 1.95 bits per heavy atom. The van der Waals surface area contributed by atoms with E-state index in [1.807, 2.05) is 0 Å². The number of hydrogen-bond donors (Lipinski definition) is 3. The summed E-state index contributed by atoms with van der Waals surface area (Å²) in [5.41, 5.74) is 12.9. The van der Waals surface area contributed by atoms with E-state index in [1.54, 1.807) is 13.0 Å². The zero-order valence-electron chi connectivity index (χ0n) is 10.7. The van der Waals surface area contributed by atoms with Crippen LogP contribution in [0.25, 0.3) is 0 Å². The molecule has 0 spiro atoms. The number of carbonyl (C=O) groups is 1. The van der Waals surface area contributed by atoms with Gasteiger partial charge in [-0.1, -0.05) is 11.6 Å². The van der Waals surface area contributed by atoms with E-state index in [4.69, 9.17) is 23.1 Å². The van der Waals surface area contributed by atoms with Gasteiger partial charge in [0, 0.05) is 11.4 Å². The van der Waals surface area contributed by atoms with Gasteiger partial charge in [0.05, 0.1) is 16.3 Å². The largest absolute Gasteiger partial charge is 0.399 e. The molecule has 104 valence electrons. The van der Waals surface area contributed by atoms with Gasteiger partial charge in [0.1, 0.15) is 5.82 Å². The van der Waals surface area contributed by atoms with Crippen LogP contribution in [0, 0.1) is 12.7 Å². The maximum absolute atomic E-state index is 13.4. The first-order chi connectivity index (χ1) is 9.36. The quantitative estimate of drug-likeness (QED) is 0.760. The van der Waals surface area contributed by atoms with Crippen molar-refractivity contribution >= 4 is 34.6 Å². The third-order valence-corrected chi connectivity index (χ3v) is 2.99. The molecule has 6 heteroatoms. The number of halogens is 2. The van der Waals surface area contributed by atoms with Crippen molar-refractivity contribution in [3.05, 3.63) is 52.3 Å². The number of aryl methyl sites for hydroxylation is 1. The normalized spacial score (nSPS) is 10.3. The predicted octanol–water partition coefficient (Wildman–Crippen LogP) is 3.21. The first-order valence-electron chi connectivity index (χ1n) is 5.80. The molecule has 20 heavy (non-hydrogen) atoms. The Kier molecular flexibility index (Phi) is 3.81. The van der Waals surface area contributed by atoms with Crippen molar-refractivity contribution in [1.29, 1.82) is 0 Å². The molecule has 0 aliphatic carbocycles. The molecule has 0 unspecified atom stereocenters. The molecule has 0 radical (unpaired) electrons. The van der Waals surface area contributed by atoms with E-state index >= 15 is 0 Å². The molecule has 0 saturated heterocycles. The third kappa shape index (κ3) is 3.00. The summed E-state index contributed by atoms with van der Waals surface area (Å²) in [6.07, 6.45) is 0. The van der Waals surface area contributed by atoms with Crippen LogP contribution in [0.4, 0.5) is 21.5 Å². The van der Waals surface area contributed by atoms with Crippen LogP contribution < -0.4 is 16.8 Å². The third-order valence-electron chi connectivity index (χ3n) is 2.69. The number of nitrogens with two attached hydrogens (primary N) is 2. The highest BCUT2D eigenvalue weighted by atomic mass is 35.5. The number of anilines is 3. The van der Waals surface area contributed by atoms with Crippen molar-refractivity contribution in [2.45, 2.75) is 6.92 Å². The topological polar surface area (TPSA) is 81.1 Å². The van der Waals surface area contributed by atoms with Gasteiger partial charge < -0.3 is 16.8 Å². The lowest BCUT2D eigenvalue weighted by Gasteiger charge is -2.13. The lowest BCUT2D eigenvalue weighted by Crippen LogP contribution is -2.14. The summed E-state index contributed by atoms with van der Waals surface area (Å²) < 4.78 is 13.4. The summed E-state index contributed by atoms with van der Waals surface area (Å²) in [5.74, 6) is -1.06. The van der Waals surface area contributed by atoms with Crippen LogP contribution in [0.5, 0.6) is 0 Å². The molecule has 2 aromatic rings. The molecular weight excluding hydrogens is 281 g/mol. The highest BCUT2D eigenvalue weighted by Crippen LogP contribution is 2.32. The van der Waals surface area contributed by atoms with Crippen LogP contribution in [0.3, 0.4) is 0 Å². The number of hydrogen-bond acceptors (Lipinski definition) is 3. The molecule has 4 nitrogen and oxygen atoms in total. The average Bonchev–Trinajstić information content (AvgIpc) is 2.30. The number of rotatable bonds is 3. The Hall–Kier alpha value is -2.27. The minimum atomic E-state index is -0.671. The van der Waals surface area contributed by atoms with Gasteiger partial charge in [0.15, 0.2) is 0 Å². The van der Waals surface area contributed by atoms with Crippen molar-refractivity contribution in [1.82, 2.24) is 0 Å². The second kappa shape index (κ2) is 5.38. The van der Waals surface area contributed by atoms with E-state index in [0.717, 1.165) is 5.56 Å². The number of carbonyl (C=O) groups excluding carboxylic acids is 1. The number of benzene rings is 2. The first kappa shape index (κ1) is 14.1. The lowest BCUT2D eigenvalue weighted by atomic mass is 10.1. The number of nitrogens with one attached hydrogen (secondary N) is 1. The zero-order valence-corrected chi connectivity index (χ0v) is 11.5. The van der Waals surface area contributed by atoms with Gasteiger partial charge in [-0.25, -0.2) is 4.39 Å². The smallest absolute Gasteiger partial charge is 0.250 e. The molecule has 0 bridgehead atoms. The molecule has 0 aliphatic rings. The van der Waals surface area contributed by atoms with Gasteiger partial charge >= 0.3 is 0 Å². The summed E-state index contributed by atoms with van der Waals surface area (Å²) in [4.78, 5) is 11.4. The Bertz CT molecular complexity index is 668. The SMILES string of the molecule is Cc1cc(F)cc(Nc2c(Cl)cc(N)cc2C(N)=O)c1. The maximum atomic E-state index is 13.4. The molecule has 0 heterocycles. The van der Waals surface area contributed by atoms with Gasteiger partial charge in [-0.05, 0) is 42.8 Å². The van der Waals surface area contributed by atoms with Gasteiger partial charge in [0.2, 0.25) is 0 Å². The number of nitrogen functional groups attached to an aromatic ring is 1. The van der Waals surface area contributed by atoms with Crippen LogP contribution in [-0.4, -0.2) is 5.91 Å². The fraction of sp³-hybridized carbons (Fsp3) is 0.0714. The van der Waals surface area contributed by atoms with Gasteiger partial charge in [-0.2, -0.15) is 0 Å². The van der Waals surface area contributed by atoms with Crippen molar-refractivity contribution in [3.8, 4) is 0 Å². The second-order valence-electron chi connectivity index (χ2n) is 4.43. The average molecular weight is 294 g/mol. The van der Waals surface area contributed by atoms with E-state index < -0.39 is 5.91 Å². The fourth-order valence-corrected chi connectivity index (χ4v) is 2.18. The lowest BCUT2D eigenvalue weighted by molar-refractivity contribution is 0.100.